The van der Waals surface area contributed by atoms with Crippen LogP contribution in [0.2, 0.25) is 0 Å². The Bertz CT molecular complexity index is 771. The molecule has 116 valence electrons. The van der Waals surface area contributed by atoms with Gasteiger partial charge in [0.25, 0.3) is 5.91 Å². The first-order valence-electron chi connectivity index (χ1n) is 7.18. The zero-order valence-electron chi connectivity index (χ0n) is 12.9. The summed E-state index contributed by atoms with van der Waals surface area (Å²) < 4.78 is 5.23. The largest absolute Gasteiger partial charge is 0.494 e. The number of hydrogen-bond acceptors (Lipinski definition) is 5. The zero-order valence-corrected chi connectivity index (χ0v) is 12.9. The fraction of sp³-hybridized carbons (Fsp3) is 0.176. The van der Waals surface area contributed by atoms with Crippen molar-refractivity contribution in [2.24, 2.45) is 15.3 Å². The molecule has 0 saturated carbocycles. The SMILES string of the molecule is COc1ccccc1N=NC1C(=O)N(c2ccccc2)N=C1C. The summed E-state index contributed by atoms with van der Waals surface area (Å²) in [5, 5.41) is 14.0. The summed E-state index contributed by atoms with van der Waals surface area (Å²) >= 11 is 0. The van der Waals surface area contributed by atoms with Gasteiger partial charge in [-0.25, -0.2) is 0 Å². The van der Waals surface area contributed by atoms with Gasteiger partial charge in [-0.3, -0.25) is 4.79 Å². The maximum atomic E-state index is 12.5. The van der Waals surface area contributed by atoms with E-state index in [1.807, 2.05) is 42.5 Å². The second-order valence-electron chi connectivity index (χ2n) is 5.02. The highest BCUT2D eigenvalue weighted by Gasteiger charge is 2.34. The first-order chi connectivity index (χ1) is 11.2. The number of rotatable bonds is 4. The predicted molar refractivity (Wildman–Crippen MR) is 88.3 cm³/mol. The topological polar surface area (TPSA) is 66.6 Å². The van der Waals surface area contributed by atoms with Crippen molar-refractivity contribution in [2.45, 2.75) is 13.0 Å². The van der Waals surface area contributed by atoms with E-state index in [1.165, 1.54) is 5.01 Å². The lowest BCUT2D eigenvalue weighted by molar-refractivity contribution is -0.117. The normalized spacial score (nSPS) is 17.7. The second kappa shape index (κ2) is 6.39. The number of amides is 1. The van der Waals surface area contributed by atoms with Crippen molar-refractivity contribution >= 4 is 23.0 Å². The Hall–Kier alpha value is -3.02. The molecule has 1 amide bonds. The lowest BCUT2D eigenvalue weighted by Crippen LogP contribution is -2.29. The van der Waals surface area contributed by atoms with Crippen molar-refractivity contribution in [3.8, 4) is 5.75 Å². The van der Waals surface area contributed by atoms with E-state index >= 15 is 0 Å². The van der Waals surface area contributed by atoms with E-state index < -0.39 is 6.04 Å². The quantitative estimate of drug-likeness (QED) is 0.810. The van der Waals surface area contributed by atoms with Gasteiger partial charge in [0.05, 0.1) is 18.5 Å². The molecule has 3 rings (SSSR count). The van der Waals surface area contributed by atoms with E-state index in [2.05, 4.69) is 15.3 Å². The first kappa shape index (κ1) is 14.9. The van der Waals surface area contributed by atoms with Gasteiger partial charge in [0.2, 0.25) is 0 Å². The monoisotopic (exact) mass is 308 g/mol. The van der Waals surface area contributed by atoms with Crippen LogP contribution in [0, 0.1) is 0 Å². The molecule has 1 heterocycles. The van der Waals surface area contributed by atoms with Crippen LogP contribution in [0.15, 0.2) is 69.9 Å². The molecule has 1 atom stereocenters. The molecule has 0 fully saturated rings. The summed E-state index contributed by atoms with van der Waals surface area (Å²) in [4.78, 5) is 12.5. The number of anilines is 1. The van der Waals surface area contributed by atoms with Crippen LogP contribution in [0.4, 0.5) is 11.4 Å². The van der Waals surface area contributed by atoms with Gasteiger partial charge < -0.3 is 4.74 Å². The van der Waals surface area contributed by atoms with Crippen LogP contribution in [-0.4, -0.2) is 24.8 Å². The summed E-state index contributed by atoms with van der Waals surface area (Å²) in [6.45, 7) is 1.77. The highest BCUT2D eigenvalue weighted by Crippen LogP contribution is 2.28. The predicted octanol–water partition coefficient (Wildman–Crippen LogP) is 3.57. The fourth-order valence-corrected chi connectivity index (χ4v) is 2.28. The van der Waals surface area contributed by atoms with E-state index in [0.29, 0.717) is 22.8 Å². The minimum Gasteiger partial charge on any atom is -0.494 e. The zero-order chi connectivity index (χ0) is 16.2. The van der Waals surface area contributed by atoms with E-state index in [1.54, 1.807) is 26.2 Å². The average Bonchev–Trinajstić information content (AvgIpc) is 2.88. The molecule has 0 bridgehead atoms. The molecule has 0 radical (unpaired) electrons. The van der Waals surface area contributed by atoms with Crippen LogP contribution in [-0.2, 0) is 4.79 Å². The van der Waals surface area contributed by atoms with E-state index in [4.69, 9.17) is 4.74 Å². The molecule has 23 heavy (non-hydrogen) atoms. The van der Waals surface area contributed by atoms with Crippen molar-refractivity contribution in [3.63, 3.8) is 0 Å². The number of para-hydroxylation sites is 2. The van der Waals surface area contributed by atoms with Gasteiger partial charge in [-0.2, -0.15) is 20.3 Å². The number of carbonyl (C=O) groups is 1. The maximum absolute atomic E-state index is 12.5. The average molecular weight is 308 g/mol. The van der Waals surface area contributed by atoms with Crippen LogP contribution in [0.3, 0.4) is 0 Å². The molecule has 2 aromatic carbocycles. The first-order valence-corrected chi connectivity index (χ1v) is 7.18. The second-order valence-corrected chi connectivity index (χ2v) is 5.02. The van der Waals surface area contributed by atoms with Crippen molar-refractivity contribution < 1.29 is 9.53 Å². The van der Waals surface area contributed by atoms with Crippen molar-refractivity contribution in [2.75, 3.05) is 12.1 Å². The fourth-order valence-electron chi connectivity index (χ4n) is 2.28. The van der Waals surface area contributed by atoms with Crippen LogP contribution in [0.25, 0.3) is 0 Å². The molecule has 1 unspecified atom stereocenters. The Morgan fingerprint density at radius 3 is 2.52 bits per heavy atom. The molecule has 0 saturated heterocycles. The minimum absolute atomic E-state index is 0.215. The minimum atomic E-state index is -0.708. The molecular weight excluding hydrogens is 292 g/mol. The third-order valence-electron chi connectivity index (χ3n) is 3.46. The number of hydrazone groups is 1. The van der Waals surface area contributed by atoms with Crippen LogP contribution in [0.1, 0.15) is 6.92 Å². The number of carbonyl (C=O) groups excluding carboxylic acids is 1. The smallest absolute Gasteiger partial charge is 0.280 e. The number of methoxy groups -OCH3 is 1. The van der Waals surface area contributed by atoms with Crippen LogP contribution >= 0.6 is 0 Å². The van der Waals surface area contributed by atoms with E-state index in [0.717, 1.165) is 0 Å². The molecule has 1 aliphatic rings. The summed E-state index contributed by atoms with van der Waals surface area (Å²) in [6.07, 6.45) is 0. The van der Waals surface area contributed by atoms with Crippen LogP contribution in [0.5, 0.6) is 5.75 Å². The molecule has 0 aromatic heterocycles. The van der Waals surface area contributed by atoms with Crippen molar-refractivity contribution in [1.82, 2.24) is 0 Å². The van der Waals surface area contributed by atoms with Gasteiger partial charge >= 0.3 is 0 Å². The van der Waals surface area contributed by atoms with Crippen LogP contribution < -0.4 is 9.75 Å². The molecule has 0 N–H and O–H groups in total. The van der Waals surface area contributed by atoms with Gasteiger partial charge in [0.1, 0.15) is 11.4 Å². The molecule has 1 aliphatic heterocycles. The van der Waals surface area contributed by atoms with Gasteiger partial charge in [0.15, 0.2) is 6.04 Å². The Morgan fingerprint density at radius 1 is 1.09 bits per heavy atom. The number of benzene rings is 2. The Kier molecular flexibility index (Phi) is 4.14. The summed E-state index contributed by atoms with van der Waals surface area (Å²) in [6, 6.07) is 15.8. The van der Waals surface area contributed by atoms with Crippen molar-refractivity contribution in [1.29, 1.82) is 0 Å². The Morgan fingerprint density at radius 2 is 1.78 bits per heavy atom. The molecular formula is C17H16N4O2. The number of nitrogens with zero attached hydrogens (tertiary/aromatic N) is 4. The standard InChI is InChI=1S/C17H16N4O2/c1-12-16(19-18-14-10-6-7-11-15(14)23-2)17(22)21(20-12)13-8-4-3-5-9-13/h3-11,16H,1-2H3. The lowest BCUT2D eigenvalue weighted by Gasteiger charge is -2.11. The number of hydrogen-bond donors (Lipinski definition) is 0. The molecule has 6 nitrogen and oxygen atoms in total. The van der Waals surface area contributed by atoms with E-state index in [-0.39, 0.29) is 5.91 Å². The Balaban J connectivity index is 1.83. The molecule has 0 spiro atoms. The van der Waals surface area contributed by atoms with Gasteiger partial charge in [0, 0.05) is 0 Å². The highest BCUT2D eigenvalue weighted by atomic mass is 16.5. The van der Waals surface area contributed by atoms with Gasteiger partial charge in [-0.1, -0.05) is 30.3 Å². The van der Waals surface area contributed by atoms with Gasteiger partial charge in [-0.05, 0) is 31.2 Å². The summed E-state index contributed by atoms with van der Waals surface area (Å²) in [5.41, 5.74) is 1.90. The third kappa shape index (κ3) is 2.96. The summed E-state index contributed by atoms with van der Waals surface area (Å²) in [7, 11) is 1.57. The van der Waals surface area contributed by atoms with Crippen molar-refractivity contribution in [3.05, 3.63) is 54.6 Å². The summed E-state index contributed by atoms with van der Waals surface area (Å²) in [5.74, 6) is 0.392. The lowest BCUT2D eigenvalue weighted by atomic mass is 10.2. The Labute approximate surface area is 134 Å². The number of ether oxygens (including phenoxy) is 1. The highest BCUT2D eigenvalue weighted by molar-refractivity contribution is 6.18. The molecule has 6 heteroatoms. The maximum Gasteiger partial charge on any atom is 0.280 e. The third-order valence-corrected chi connectivity index (χ3v) is 3.46. The van der Waals surface area contributed by atoms with E-state index in [9.17, 15) is 4.79 Å². The van der Waals surface area contributed by atoms with Gasteiger partial charge in [-0.15, -0.1) is 0 Å². The molecule has 0 aliphatic carbocycles. The number of azo groups is 1. The molecule has 2 aromatic rings.